The van der Waals surface area contributed by atoms with Gasteiger partial charge in [0.15, 0.2) is 0 Å². The van der Waals surface area contributed by atoms with Gasteiger partial charge in [-0.15, -0.1) is 13.1 Å². The molecule has 1 radical (unpaired) electrons. The molecule has 0 aliphatic carbocycles. The summed E-state index contributed by atoms with van der Waals surface area (Å²) in [5, 5.41) is 4.23. The molecule has 0 unspecified atom stereocenters. The Hall–Kier alpha value is 1.06. The molecule has 8 heavy (non-hydrogen) atoms. The number of rotatable bonds is 0. The van der Waals surface area contributed by atoms with Crippen molar-refractivity contribution >= 4 is 0 Å². The molecule has 0 atom stereocenters. The van der Waals surface area contributed by atoms with Gasteiger partial charge in [-0.3, -0.25) is 0 Å². The number of nitrogens with zero attached hydrogens (tertiary/aromatic N) is 1. The molecular formula is C6H12NY-. The second-order valence-electron chi connectivity index (χ2n) is 2.35. The van der Waals surface area contributed by atoms with Crippen molar-refractivity contribution in [1.82, 2.24) is 0 Å². The molecule has 1 rings (SSSR count). The van der Waals surface area contributed by atoms with E-state index in [1.54, 1.807) is 0 Å². The topological polar surface area (TPSA) is 14.1 Å². The molecule has 0 amide bonds. The Labute approximate surface area is 76.5 Å². The third-order valence-corrected chi connectivity index (χ3v) is 1.56. The van der Waals surface area contributed by atoms with Crippen molar-refractivity contribution in [3.63, 3.8) is 0 Å². The van der Waals surface area contributed by atoms with Crippen molar-refractivity contribution in [2.75, 3.05) is 13.1 Å². The van der Waals surface area contributed by atoms with E-state index in [2.05, 4.69) is 12.2 Å². The summed E-state index contributed by atoms with van der Waals surface area (Å²) in [6.07, 6.45) is 2.64. The van der Waals surface area contributed by atoms with Crippen LogP contribution in [0.25, 0.3) is 5.32 Å². The molecule has 1 nitrogen and oxygen atoms in total. The molecule has 1 aliphatic heterocycles. The summed E-state index contributed by atoms with van der Waals surface area (Å²) in [7, 11) is 0. The summed E-state index contributed by atoms with van der Waals surface area (Å²) in [5.41, 5.74) is 0. The predicted octanol–water partition coefficient (Wildman–Crippen LogP) is 1.79. The van der Waals surface area contributed by atoms with Gasteiger partial charge in [0.05, 0.1) is 0 Å². The van der Waals surface area contributed by atoms with Crippen molar-refractivity contribution in [1.29, 1.82) is 0 Å². The molecule has 1 saturated heterocycles. The van der Waals surface area contributed by atoms with Crippen molar-refractivity contribution in [2.24, 2.45) is 5.92 Å². The minimum absolute atomic E-state index is 0. The Morgan fingerprint density at radius 1 is 1.25 bits per heavy atom. The van der Waals surface area contributed by atoms with E-state index in [0.717, 1.165) is 19.0 Å². The van der Waals surface area contributed by atoms with Crippen LogP contribution in [0, 0.1) is 5.92 Å². The van der Waals surface area contributed by atoms with Gasteiger partial charge in [-0.1, -0.05) is 19.8 Å². The van der Waals surface area contributed by atoms with Crippen LogP contribution in [0.3, 0.4) is 0 Å². The molecule has 1 fully saturated rings. The maximum absolute atomic E-state index is 4.23. The van der Waals surface area contributed by atoms with Gasteiger partial charge in [0.2, 0.25) is 0 Å². The van der Waals surface area contributed by atoms with Gasteiger partial charge in [-0.2, -0.15) is 0 Å². The Morgan fingerprint density at radius 2 is 1.75 bits per heavy atom. The standard InChI is InChI=1S/C6H12N.Y/c1-6-2-4-7-5-3-6;/h6H,2-5H2,1H3;/q-1;. The summed E-state index contributed by atoms with van der Waals surface area (Å²) in [6.45, 7) is 4.52. The van der Waals surface area contributed by atoms with Gasteiger partial charge in [0, 0.05) is 32.7 Å². The maximum Gasteiger partial charge on any atom is 0 e. The first kappa shape index (κ1) is 9.06. The van der Waals surface area contributed by atoms with E-state index in [1.807, 2.05) is 0 Å². The average Bonchev–Trinajstić information content (AvgIpc) is 1.69. The zero-order valence-electron chi connectivity index (χ0n) is 5.43. The van der Waals surface area contributed by atoms with Crippen LogP contribution >= 0.6 is 0 Å². The fraction of sp³-hybridized carbons (Fsp3) is 1.00. The minimum Gasteiger partial charge on any atom is -0.662 e. The number of hydrogen-bond acceptors (Lipinski definition) is 0. The van der Waals surface area contributed by atoms with Crippen LogP contribution in [0.15, 0.2) is 0 Å². The van der Waals surface area contributed by atoms with Crippen LogP contribution < -0.4 is 0 Å². The Morgan fingerprint density at radius 3 is 2.00 bits per heavy atom. The Kier molecular flexibility index (Phi) is 5.55. The van der Waals surface area contributed by atoms with E-state index in [1.165, 1.54) is 12.8 Å². The molecule has 0 bridgehead atoms. The molecular weight excluding hydrogens is 175 g/mol. The van der Waals surface area contributed by atoms with E-state index < -0.39 is 0 Å². The smallest absolute Gasteiger partial charge is 0 e. The molecule has 0 aromatic rings. The molecule has 1 heterocycles. The normalized spacial score (nSPS) is 22.1. The third kappa shape index (κ3) is 3.16. The van der Waals surface area contributed by atoms with Crippen LogP contribution in [-0.2, 0) is 32.7 Å². The molecule has 1 aliphatic rings. The predicted molar refractivity (Wildman–Crippen MR) is 31.5 cm³/mol. The molecule has 0 saturated carbocycles. The summed E-state index contributed by atoms with van der Waals surface area (Å²) < 4.78 is 0. The number of piperidine rings is 1. The second kappa shape index (κ2) is 4.90. The van der Waals surface area contributed by atoms with Gasteiger partial charge in [-0.25, -0.2) is 0 Å². The summed E-state index contributed by atoms with van der Waals surface area (Å²) >= 11 is 0. The SMILES string of the molecule is CC1CC[N-]CC1.[Y]. The summed E-state index contributed by atoms with van der Waals surface area (Å²) in [4.78, 5) is 0. The van der Waals surface area contributed by atoms with Crippen LogP contribution in [0.1, 0.15) is 19.8 Å². The van der Waals surface area contributed by atoms with Gasteiger partial charge in [0.25, 0.3) is 0 Å². The van der Waals surface area contributed by atoms with Crippen LogP contribution in [0.2, 0.25) is 0 Å². The molecule has 0 N–H and O–H groups in total. The van der Waals surface area contributed by atoms with Crippen LogP contribution in [0.4, 0.5) is 0 Å². The van der Waals surface area contributed by atoms with Crippen molar-refractivity contribution in [3.05, 3.63) is 5.32 Å². The average molecular weight is 187 g/mol. The van der Waals surface area contributed by atoms with Crippen LogP contribution in [0.5, 0.6) is 0 Å². The zero-order chi connectivity index (χ0) is 5.11. The largest absolute Gasteiger partial charge is 0.662 e. The quantitative estimate of drug-likeness (QED) is 0.548. The van der Waals surface area contributed by atoms with Crippen molar-refractivity contribution < 1.29 is 32.7 Å². The zero-order valence-corrected chi connectivity index (χ0v) is 8.27. The second-order valence-corrected chi connectivity index (χ2v) is 2.35. The monoisotopic (exact) mass is 187 g/mol. The van der Waals surface area contributed by atoms with E-state index in [-0.39, 0.29) is 32.7 Å². The summed E-state index contributed by atoms with van der Waals surface area (Å²) in [5.74, 6) is 0.942. The first-order valence-electron chi connectivity index (χ1n) is 3.03. The van der Waals surface area contributed by atoms with Crippen molar-refractivity contribution in [2.45, 2.75) is 19.8 Å². The maximum atomic E-state index is 4.23. The first-order valence-corrected chi connectivity index (χ1v) is 3.03. The molecule has 0 spiro atoms. The molecule has 0 aromatic heterocycles. The van der Waals surface area contributed by atoms with Gasteiger partial charge < -0.3 is 5.32 Å². The molecule has 45 valence electrons. The fourth-order valence-electron chi connectivity index (χ4n) is 0.879. The minimum atomic E-state index is 0. The van der Waals surface area contributed by atoms with Crippen LogP contribution in [-0.4, -0.2) is 13.1 Å². The van der Waals surface area contributed by atoms with E-state index >= 15 is 0 Å². The van der Waals surface area contributed by atoms with Gasteiger partial charge >= 0.3 is 0 Å². The van der Waals surface area contributed by atoms with Crippen molar-refractivity contribution in [3.8, 4) is 0 Å². The van der Waals surface area contributed by atoms with E-state index in [0.29, 0.717) is 0 Å². The molecule has 2 heteroatoms. The van der Waals surface area contributed by atoms with Gasteiger partial charge in [0.1, 0.15) is 0 Å². The van der Waals surface area contributed by atoms with Gasteiger partial charge in [-0.05, 0) is 5.92 Å². The van der Waals surface area contributed by atoms with E-state index in [9.17, 15) is 0 Å². The van der Waals surface area contributed by atoms with E-state index in [4.69, 9.17) is 0 Å². The summed E-state index contributed by atoms with van der Waals surface area (Å²) in [6, 6.07) is 0. The first-order chi connectivity index (χ1) is 3.39. The fourth-order valence-corrected chi connectivity index (χ4v) is 0.879. The Bertz CT molecular complexity index is 50.5. The Balaban J connectivity index is 0.000000490. The molecule has 0 aromatic carbocycles. The third-order valence-electron chi connectivity index (χ3n) is 1.56. The number of hydrogen-bond donors (Lipinski definition) is 0.